The minimum absolute atomic E-state index is 0.133. The molecule has 0 heterocycles. The Kier molecular flexibility index (Phi) is 14.8. The molecule has 0 radical (unpaired) electrons. The first-order valence-electron chi connectivity index (χ1n) is 17.3. The van der Waals surface area contributed by atoms with Gasteiger partial charge in [-0.05, 0) is 74.2 Å². The third kappa shape index (κ3) is 13.0. The molecular weight excluding hydrogens is 648 g/mol. The van der Waals surface area contributed by atoms with Crippen molar-refractivity contribution >= 4 is 28.6 Å². The second-order valence-electron chi connectivity index (χ2n) is 12.9. The summed E-state index contributed by atoms with van der Waals surface area (Å²) in [5.74, 6) is -0.220. The van der Waals surface area contributed by atoms with Crippen LogP contribution < -0.4 is 20.9 Å². The molecule has 51 heavy (non-hydrogen) atoms. The molecule has 0 aliphatic carbocycles. The monoisotopic (exact) mass is 698 g/mol. The van der Waals surface area contributed by atoms with E-state index in [1.165, 1.54) is 0 Å². The first-order chi connectivity index (χ1) is 24.5. The van der Waals surface area contributed by atoms with Gasteiger partial charge in [-0.1, -0.05) is 84.9 Å². The highest BCUT2D eigenvalue weighted by molar-refractivity contribution is 5.90. The summed E-state index contributed by atoms with van der Waals surface area (Å²) in [6.07, 6.45) is -0.489. The molecule has 11 nitrogen and oxygen atoms in total. The normalized spacial score (nSPS) is 12.0. The number of rotatable bonds is 18. The molecule has 272 valence electrons. The van der Waals surface area contributed by atoms with Crippen LogP contribution in [0.2, 0.25) is 0 Å². The number of hydroxylamine groups is 1. The lowest BCUT2D eigenvalue weighted by molar-refractivity contribution is -0.161. The highest BCUT2D eigenvalue weighted by Crippen LogP contribution is 2.23. The van der Waals surface area contributed by atoms with Crippen molar-refractivity contribution < 1.29 is 33.4 Å². The zero-order chi connectivity index (χ0) is 36.6. The fraction of sp³-hybridized carbons (Fsp3) is 0.375. The van der Waals surface area contributed by atoms with Gasteiger partial charge in [0.2, 0.25) is 11.8 Å². The highest BCUT2D eigenvalue weighted by atomic mass is 16.7. The molecule has 0 aliphatic heterocycles. The first-order valence-corrected chi connectivity index (χ1v) is 17.3. The molecule has 4 rings (SSSR count). The second kappa shape index (κ2) is 19.4. The minimum atomic E-state index is -0.985. The summed E-state index contributed by atoms with van der Waals surface area (Å²) >= 11 is 0. The minimum Gasteiger partial charge on any atom is -0.488 e. The summed E-state index contributed by atoms with van der Waals surface area (Å²) in [5.41, 5.74) is 4.52. The number of hydrogen-bond acceptors (Lipinski definition) is 7. The number of benzene rings is 4. The Hall–Kier alpha value is -4.97. The van der Waals surface area contributed by atoms with Crippen molar-refractivity contribution in [3.05, 3.63) is 114 Å². The topological polar surface area (TPSA) is 127 Å². The van der Waals surface area contributed by atoms with E-state index in [0.29, 0.717) is 19.0 Å². The first kappa shape index (κ1) is 38.8. The number of fused-ring (bicyclic) bond motifs is 1. The molecule has 4 aromatic carbocycles. The average Bonchev–Trinajstić information content (AvgIpc) is 3.11. The van der Waals surface area contributed by atoms with E-state index in [-0.39, 0.29) is 37.6 Å². The van der Waals surface area contributed by atoms with Crippen LogP contribution >= 0.6 is 0 Å². The molecule has 0 unspecified atom stereocenters. The Balaban J connectivity index is 1.54. The summed E-state index contributed by atoms with van der Waals surface area (Å²) in [5, 5.41) is 7.59. The molecule has 0 saturated carbocycles. The molecule has 0 fully saturated rings. The van der Waals surface area contributed by atoms with Crippen molar-refractivity contribution in [1.29, 1.82) is 0 Å². The Bertz CT molecular complexity index is 1680. The summed E-state index contributed by atoms with van der Waals surface area (Å²) in [6, 6.07) is 29.2. The fourth-order valence-electron chi connectivity index (χ4n) is 5.49. The van der Waals surface area contributed by atoms with Crippen LogP contribution in [0.1, 0.15) is 51.3 Å². The number of ether oxygens (including phenoxy) is 3. The van der Waals surface area contributed by atoms with E-state index in [0.717, 1.165) is 27.5 Å². The number of hydrogen-bond donors (Lipinski definition) is 3. The van der Waals surface area contributed by atoms with Crippen LogP contribution in [-0.4, -0.2) is 67.0 Å². The molecule has 1 atom stereocenters. The van der Waals surface area contributed by atoms with Gasteiger partial charge in [-0.15, -0.1) is 0 Å². The van der Waals surface area contributed by atoms with Crippen LogP contribution in [0.3, 0.4) is 0 Å². The van der Waals surface area contributed by atoms with Crippen LogP contribution in [0.5, 0.6) is 5.75 Å². The van der Waals surface area contributed by atoms with Gasteiger partial charge in [-0.25, -0.2) is 10.3 Å². The van der Waals surface area contributed by atoms with E-state index in [1.54, 1.807) is 4.90 Å². The van der Waals surface area contributed by atoms with Crippen LogP contribution in [-0.2, 0) is 43.4 Å². The van der Waals surface area contributed by atoms with E-state index in [2.05, 4.69) is 16.1 Å². The van der Waals surface area contributed by atoms with Crippen LogP contribution in [0, 0.1) is 0 Å². The molecule has 3 N–H and O–H groups in total. The largest absolute Gasteiger partial charge is 0.488 e. The molecule has 0 saturated heterocycles. The van der Waals surface area contributed by atoms with Gasteiger partial charge in [0.05, 0.1) is 6.54 Å². The molecular formula is C40H50N4O7. The fourth-order valence-corrected chi connectivity index (χ4v) is 5.49. The molecule has 4 aromatic rings. The van der Waals surface area contributed by atoms with Gasteiger partial charge in [-0.2, -0.15) is 0 Å². The number of amides is 4. The number of carbonyl (C=O) groups is 3. The standard InChI is InChI=1S/C40H50N4O7/c1-6-48-37(49-7-2)27-44(26-32-18-13-17-31-16-11-12-19-34(31)32)38(46)35(24-29-20-22-33(23-21-29)51-40(3,4)5)42-36(45)28-50-43-39(47)41-25-30-14-9-8-10-15-30/h8-23,35,37H,6-7,24-28H2,1-5H3,(H,42,45)(H2,41,43,47)/t35-/m0/s1. The van der Waals surface area contributed by atoms with Gasteiger partial charge >= 0.3 is 6.03 Å². The van der Waals surface area contributed by atoms with E-state index in [9.17, 15) is 14.4 Å². The number of carbonyl (C=O) groups excluding carboxylic acids is 3. The predicted octanol–water partition coefficient (Wildman–Crippen LogP) is 5.90. The second-order valence-corrected chi connectivity index (χ2v) is 12.9. The number of nitrogens with zero attached hydrogens (tertiary/aromatic N) is 1. The van der Waals surface area contributed by atoms with E-state index in [1.807, 2.05) is 132 Å². The lowest BCUT2D eigenvalue weighted by atomic mass is 10.0. The van der Waals surface area contributed by atoms with E-state index < -0.39 is 30.9 Å². The summed E-state index contributed by atoms with van der Waals surface area (Å²) in [6.45, 7) is 10.6. The van der Waals surface area contributed by atoms with Crippen LogP contribution in [0.15, 0.2) is 97.1 Å². The maximum absolute atomic E-state index is 14.6. The molecule has 11 heteroatoms. The quantitative estimate of drug-likeness (QED) is 0.0872. The number of nitrogens with one attached hydrogen (secondary N) is 3. The third-order valence-electron chi connectivity index (χ3n) is 7.71. The van der Waals surface area contributed by atoms with Gasteiger partial charge < -0.3 is 29.7 Å². The average molecular weight is 699 g/mol. The van der Waals surface area contributed by atoms with E-state index in [4.69, 9.17) is 19.0 Å². The van der Waals surface area contributed by atoms with Crippen molar-refractivity contribution in [1.82, 2.24) is 21.0 Å². The van der Waals surface area contributed by atoms with Crippen molar-refractivity contribution in [3.8, 4) is 5.75 Å². The van der Waals surface area contributed by atoms with E-state index >= 15 is 0 Å². The maximum Gasteiger partial charge on any atom is 0.338 e. The summed E-state index contributed by atoms with van der Waals surface area (Å²) < 4.78 is 17.7. The van der Waals surface area contributed by atoms with Gasteiger partial charge in [0.25, 0.3) is 0 Å². The van der Waals surface area contributed by atoms with Crippen molar-refractivity contribution in [3.63, 3.8) is 0 Å². The van der Waals surface area contributed by atoms with Gasteiger partial charge in [0.15, 0.2) is 12.9 Å². The zero-order valence-corrected chi connectivity index (χ0v) is 30.1. The summed E-state index contributed by atoms with van der Waals surface area (Å²) in [7, 11) is 0. The van der Waals surface area contributed by atoms with Gasteiger partial charge in [-0.3, -0.25) is 14.4 Å². The third-order valence-corrected chi connectivity index (χ3v) is 7.71. The SMILES string of the molecule is CCOC(CN(Cc1cccc2ccccc12)C(=O)[C@H](Cc1ccc(OC(C)(C)C)cc1)NC(=O)CONC(=O)NCc1ccccc1)OCC. The van der Waals surface area contributed by atoms with Crippen LogP contribution in [0.4, 0.5) is 4.79 Å². The van der Waals surface area contributed by atoms with Crippen molar-refractivity contribution in [2.24, 2.45) is 0 Å². The Morgan fingerprint density at radius 1 is 0.784 bits per heavy atom. The molecule has 4 amide bonds. The lowest BCUT2D eigenvalue weighted by Gasteiger charge is -2.31. The smallest absolute Gasteiger partial charge is 0.338 e. The van der Waals surface area contributed by atoms with Crippen molar-refractivity contribution in [2.45, 2.75) is 72.1 Å². The zero-order valence-electron chi connectivity index (χ0n) is 30.1. The molecule has 0 spiro atoms. The summed E-state index contributed by atoms with van der Waals surface area (Å²) in [4.78, 5) is 47.0. The lowest BCUT2D eigenvalue weighted by Crippen LogP contribution is -2.52. The molecule has 0 aromatic heterocycles. The highest BCUT2D eigenvalue weighted by Gasteiger charge is 2.29. The molecule has 0 aliphatic rings. The Morgan fingerprint density at radius 2 is 1.45 bits per heavy atom. The maximum atomic E-state index is 14.6. The van der Waals surface area contributed by atoms with Crippen molar-refractivity contribution in [2.75, 3.05) is 26.4 Å². The van der Waals surface area contributed by atoms with Crippen LogP contribution in [0.25, 0.3) is 10.8 Å². The predicted molar refractivity (Wildman–Crippen MR) is 197 cm³/mol. The molecule has 0 bridgehead atoms. The Labute approximate surface area is 300 Å². The van der Waals surface area contributed by atoms with Gasteiger partial charge in [0, 0.05) is 32.7 Å². The Morgan fingerprint density at radius 3 is 2.14 bits per heavy atom. The number of urea groups is 1. The van der Waals surface area contributed by atoms with Gasteiger partial charge in [0.1, 0.15) is 17.4 Å².